The third-order valence-corrected chi connectivity index (χ3v) is 7.20. The maximum Gasteiger partial charge on any atom is 0.293 e. The molecule has 11 nitrogen and oxygen atoms in total. The molecule has 2 N–H and O–H groups in total. The zero-order chi connectivity index (χ0) is 26.6. The van der Waals surface area contributed by atoms with Gasteiger partial charge >= 0.3 is 0 Å². The summed E-state index contributed by atoms with van der Waals surface area (Å²) in [6.45, 7) is 3.73. The van der Waals surface area contributed by atoms with Crippen LogP contribution in [0.5, 0.6) is 11.5 Å². The van der Waals surface area contributed by atoms with Crippen molar-refractivity contribution >= 4 is 28.6 Å². The van der Waals surface area contributed by atoms with Crippen molar-refractivity contribution in [2.75, 3.05) is 52.4 Å². The van der Waals surface area contributed by atoms with E-state index in [4.69, 9.17) is 14.2 Å². The van der Waals surface area contributed by atoms with Gasteiger partial charge < -0.3 is 34.3 Å². The molecule has 1 unspecified atom stereocenters. The lowest BCUT2D eigenvalue weighted by Crippen LogP contribution is -2.43. The highest BCUT2D eigenvalue weighted by Crippen LogP contribution is 2.28. The zero-order valence-electron chi connectivity index (χ0n) is 22.0. The molecule has 5 rings (SSSR count). The summed E-state index contributed by atoms with van der Waals surface area (Å²) in [4.78, 5) is 36.8. The maximum atomic E-state index is 12.8. The van der Waals surface area contributed by atoms with Gasteiger partial charge in [0.1, 0.15) is 5.75 Å². The Morgan fingerprint density at radius 1 is 1.16 bits per heavy atom. The number of ether oxygens (including phenoxy) is 3. The van der Waals surface area contributed by atoms with Gasteiger partial charge in [0.2, 0.25) is 5.95 Å². The smallest absolute Gasteiger partial charge is 0.293 e. The van der Waals surface area contributed by atoms with Crippen LogP contribution < -0.4 is 25.7 Å². The van der Waals surface area contributed by atoms with Crippen LogP contribution in [0.3, 0.4) is 0 Å². The molecule has 2 aliphatic heterocycles. The van der Waals surface area contributed by atoms with Crippen LogP contribution in [0.1, 0.15) is 29.6 Å². The Morgan fingerprint density at radius 3 is 2.71 bits per heavy atom. The number of anilines is 2. The standard InChI is InChI=1S/C27H34N6O5/c1-32-9-6-19(7-10-32)29-25(34)18-4-5-20(23(12-18)36-3)30-27-28-14-22-21(31-27)13-24(26(35)33(22)2)38-16-17-8-11-37-15-17/h4-5,12-14,17,19H,6-11,15-16H2,1-3H3,(H,29,34)(H,28,30,31). The average Bonchev–Trinajstić information content (AvgIpc) is 3.45. The number of carbonyl (C=O) groups excluding carboxylic acids is 1. The molecule has 0 radical (unpaired) electrons. The number of piperidine rings is 1. The molecule has 1 aromatic carbocycles. The van der Waals surface area contributed by atoms with E-state index in [0.29, 0.717) is 47.2 Å². The van der Waals surface area contributed by atoms with Crippen LogP contribution in [0.25, 0.3) is 11.0 Å². The predicted octanol–water partition coefficient (Wildman–Crippen LogP) is 2.32. The normalized spacial score (nSPS) is 18.4. The van der Waals surface area contributed by atoms with E-state index in [1.54, 1.807) is 44.6 Å². The third kappa shape index (κ3) is 5.73. The van der Waals surface area contributed by atoms with Gasteiger partial charge in [-0.05, 0) is 57.6 Å². The number of aryl methyl sites for hydroxylation is 1. The summed E-state index contributed by atoms with van der Waals surface area (Å²) in [5, 5.41) is 6.30. The van der Waals surface area contributed by atoms with E-state index in [0.717, 1.165) is 39.0 Å². The summed E-state index contributed by atoms with van der Waals surface area (Å²) in [7, 11) is 5.31. The van der Waals surface area contributed by atoms with Crippen molar-refractivity contribution in [2.45, 2.75) is 25.3 Å². The molecule has 0 bridgehead atoms. The topological polar surface area (TPSA) is 120 Å². The molecule has 1 amide bonds. The number of nitrogens with zero attached hydrogens (tertiary/aromatic N) is 4. The molecular formula is C27H34N6O5. The molecule has 2 aliphatic rings. The monoisotopic (exact) mass is 522 g/mol. The lowest BCUT2D eigenvalue weighted by molar-refractivity contribution is 0.0916. The van der Waals surface area contributed by atoms with Crippen molar-refractivity contribution in [3.63, 3.8) is 0 Å². The highest BCUT2D eigenvalue weighted by Gasteiger charge is 2.21. The summed E-state index contributed by atoms with van der Waals surface area (Å²) < 4.78 is 18.3. The molecule has 202 valence electrons. The number of likely N-dealkylation sites (tertiary alicyclic amines) is 1. The van der Waals surface area contributed by atoms with E-state index in [1.165, 1.54) is 4.57 Å². The Bertz CT molecular complexity index is 1360. The highest BCUT2D eigenvalue weighted by molar-refractivity contribution is 5.95. The summed E-state index contributed by atoms with van der Waals surface area (Å²) in [5.41, 5.74) is 2.05. The Labute approximate surface area is 221 Å². The summed E-state index contributed by atoms with van der Waals surface area (Å²) in [6, 6.07) is 7.04. The minimum atomic E-state index is -0.239. The quantitative estimate of drug-likeness (QED) is 0.459. The van der Waals surface area contributed by atoms with Crippen LogP contribution in [-0.4, -0.2) is 78.5 Å². The van der Waals surface area contributed by atoms with Crippen LogP contribution in [-0.2, 0) is 11.8 Å². The van der Waals surface area contributed by atoms with Crippen LogP contribution in [0.4, 0.5) is 11.6 Å². The molecule has 3 aromatic rings. The van der Waals surface area contributed by atoms with Crippen molar-refractivity contribution in [3.8, 4) is 11.5 Å². The molecule has 0 spiro atoms. The van der Waals surface area contributed by atoms with Crippen molar-refractivity contribution in [3.05, 3.63) is 46.4 Å². The van der Waals surface area contributed by atoms with Gasteiger partial charge in [-0.3, -0.25) is 9.59 Å². The van der Waals surface area contributed by atoms with Gasteiger partial charge in [0.25, 0.3) is 11.5 Å². The lowest BCUT2D eigenvalue weighted by Gasteiger charge is -2.29. The van der Waals surface area contributed by atoms with Gasteiger partial charge in [0.05, 0.1) is 43.2 Å². The second-order valence-electron chi connectivity index (χ2n) is 9.97. The minimum Gasteiger partial charge on any atom is -0.495 e. The SMILES string of the molecule is COc1cc(C(=O)NC2CCN(C)CC2)ccc1Nc1ncc2c(cc(OCC3CCOC3)c(=O)n2C)n1. The number of pyridine rings is 1. The number of amides is 1. The Balaban J connectivity index is 1.32. The summed E-state index contributed by atoms with van der Waals surface area (Å²) in [6.07, 6.45) is 4.39. The fourth-order valence-electron chi connectivity index (χ4n) is 4.78. The molecule has 0 aliphatic carbocycles. The molecule has 1 atom stereocenters. The Hall–Kier alpha value is -3.70. The Morgan fingerprint density at radius 2 is 1.97 bits per heavy atom. The first-order valence-corrected chi connectivity index (χ1v) is 12.9. The molecule has 4 heterocycles. The van der Waals surface area contributed by atoms with E-state index in [9.17, 15) is 9.59 Å². The first-order valence-electron chi connectivity index (χ1n) is 12.9. The Kier molecular flexibility index (Phi) is 7.75. The zero-order valence-corrected chi connectivity index (χ0v) is 22.0. The van der Waals surface area contributed by atoms with Gasteiger partial charge in [-0.15, -0.1) is 0 Å². The van der Waals surface area contributed by atoms with E-state index >= 15 is 0 Å². The van der Waals surface area contributed by atoms with Crippen LogP contribution >= 0.6 is 0 Å². The number of nitrogens with one attached hydrogen (secondary N) is 2. The molecule has 11 heteroatoms. The molecule has 2 aromatic heterocycles. The summed E-state index contributed by atoms with van der Waals surface area (Å²) in [5.74, 6) is 1.22. The van der Waals surface area contributed by atoms with Crippen LogP contribution in [0.2, 0.25) is 0 Å². The van der Waals surface area contributed by atoms with Gasteiger partial charge in [0, 0.05) is 37.2 Å². The van der Waals surface area contributed by atoms with Crippen LogP contribution in [0.15, 0.2) is 35.3 Å². The molecule has 0 saturated carbocycles. The molecule has 2 fully saturated rings. The number of fused-ring (bicyclic) bond motifs is 1. The van der Waals surface area contributed by atoms with Crippen molar-refractivity contribution in [2.24, 2.45) is 13.0 Å². The molecular weight excluding hydrogens is 488 g/mol. The number of carbonyl (C=O) groups is 1. The fraction of sp³-hybridized carbons (Fsp3) is 0.481. The van der Waals surface area contributed by atoms with Crippen LogP contribution in [0, 0.1) is 5.92 Å². The second-order valence-corrected chi connectivity index (χ2v) is 9.97. The lowest BCUT2D eigenvalue weighted by atomic mass is 10.0. The van der Waals surface area contributed by atoms with E-state index < -0.39 is 0 Å². The number of methoxy groups -OCH3 is 1. The number of aromatic nitrogens is 3. The number of hydrogen-bond donors (Lipinski definition) is 2. The summed E-state index contributed by atoms with van der Waals surface area (Å²) >= 11 is 0. The molecule has 2 saturated heterocycles. The first-order chi connectivity index (χ1) is 18.4. The van der Waals surface area contributed by atoms with E-state index in [-0.39, 0.29) is 29.2 Å². The number of rotatable bonds is 8. The van der Waals surface area contributed by atoms with Crippen molar-refractivity contribution in [1.82, 2.24) is 24.8 Å². The predicted molar refractivity (Wildman–Crippen MR) is 143 cm³/mol. The van der Waals surface area contributed by atoms with Gasteiger partial charge in [-0.2, -0.15) is 0 Å². The fourth-order valence-corrected chi connectivity index (χ4v) is 4.78. The molecule has 38 heavy (non-hydrogen) atoms. The van der Waals surface area contributed by atoms with E-state index in [2.05, 4.69) is 32.5 Å². The average molecular weight is 523 g/mol. The van der Waals surface area contributed by atoms with Gasteiger partial charge in [-0.1, -0.05) is 0 Å². The highest BCUT2D eigenvalue weighted by atomic mass is 16.5. The van der Waals surface area contributed by atoms with Crippen molar-refractivity contribution < 1.29 is 19.0 Å². The minimum absolute atomic E-state index is 0.121. The second kappa shape index (κ2) is 11.4. The first kappa shape index (κ1) is 25.9. The largest absolute Gasteiger partial charge is 0.495 e. The van der Waals surface area contributed by atoms with E-state index in [1.807, 2.05) is 0 Å². The van der Waals surface area contributed by atoms with Gasteiger partial charge in [0.15, 0.2) is 5.75 Å². The van der Waals surface area contributed by atoms with Gasteiger partial charge in [-0.25, -0.2) is 9.97 Å². The number of hydrogen-bond acceptors (Lipinski definition) is 9. The third-order valence-electron chi connectivity index (χ3n) is 7.20. The maximum absolute atomic E-state index is 12.8. The van der Waals surface area contributed by atoms with Crippen molar-refractivity contribution in [1.29, 1.82) is 0 Å². The number of benzene rings is 1.